The van der Waals surface area contributed by atoms with Crippen molar-refractivity contribution in [3.63, 3.8) is 0 Å². The van der Waals surface area contributed by atoms with Gasteiger partial charge in [-0.05, 0) is 47.7 Å². The molecule has 0 bridgehead atoms. The van der Waals surface area contributed by atoms with Crippen molar-refractivity contribution in [2.75, 3.05) is 5.32 Å². The number of carboxylic acids is 1. The molecule has 188 valence electrons. The molecule has 2 N–H and O–H groups in total. The molecule has 1 aromatic heterocycles. The van der Waals surface area contributed by atoms with E-state index in [4.69, 9.17) is 0 Å². The second kappa shape index (κ2) is 9.33. The number of carbonyl (C=O) groups is 2. The standard InChI is InChI=1S/C26H21F5N2O3/c1-2-25(27,28)22-9-6-15(13-32-22)18-8-7-17(11-21(18)24(35)36)33-23(34)20-12-19(20)14-4-3-5-16(10-14)26(29,30)31/h3-11,13,19-20H,2,12H2,1H3,(H,33,34)(H,35,36). The van der Waals surface area contributed by atoms with Crippen LogP contribution in [0.2, 0.25) is 0 Å². The first-order valence-corrected chi connectivity index (χ1v) is 11.1. The van der Waals surface area contributed by atoms with Crippen molar-refractivity contribution in [3.05, 3.63) is 83.2 Å². The zero-order chi connectivity index (χ0) is 26.3. The van der Waals surface area contributed by atoms with Crippen LogP contribution in [0.5, 0.6) is 0 Å². The largest absolute Gasteiger partial charge is 0.478 e. The third-order valence-corrected chi connectivity index (χ3v) is 6.18. The SMILES string of the molecule is CCC(F)(F)c1ccc(-c2ccc(NC(=O)C3CC3c3cccc(C(F)(F)F)c3)cc2C(=O)O)cn1. The van der Waals surface area contributed by atoms with E-state index < -0.39 is 47.6 Å². The Morgan fingerprint density at radius 1 is 1.06 bits per heavy atom. The van der Waals surface area contributed by atoms with Gasteiger partial charge in [-0.15, -0.1) is 0 Å². The molecule has 1 aliphatic rings. The summed E-state index contributed by atoms with van der Waals surface area (Å²) in [6.07, 6.45) is -3.37. The van der Waals surface area contributed by atoms with Gasteiger partial charge in [0.2, 0.25) is 5.91 Å². The predicted octanol–water partition coefficient (Wildman–Crippen LogP) is 6.71. The molecule has 4 rings (SSSR count). The van der Waals surface area contributed by atoms with E-state index in [0.717, 1.165) is 18.2 Å². The van der Waals surface area contributed by atoms with Gasteiger partial charge in [0.15, 0.2) is 0 Å². The lowest BCUT2D eigenvalue weighted by molar-refractivity contribution is -0.137. The van der Waals surface area contributed by atoms with Crippen molar-refractivity contribution in [2.24, 2.45) is 5.92 Å². The summed E-state index contributed by atoms with van der Waals surface area (Å²) >= 11 is 0. The number of halogens is 5. The van der Waals surface area contributed by atoms with Crippen molar-refractivity contribution in [3.8, 4) is 11.1 Å². The molecule has 1 aliphatic carbocycles. The van der Waals surface area contributed by atoms with E-state index in [9.17, 15) is 36.6 Å². The predicted molar refractivity (Wildman–Crippen MR) is 122 cm³/mol. The second-order valence-corrected chi connectivity index (χ2v) is 8.62. The van der Waals surface area contributed by atoms with Crippen molar-refractivity contribution in [1.82, 2.24) is 4.98 Å². The van der Waals surface area contributed by atoms with Crippen LogP contribution in [0.15, 0.2) is 60.8 Å². The monoisotopic (exact) mass is 504 g/mol. The van der Waals surface area contributed by atoms with Gasteiger partial charge < -0.3 is 10.4 Å². The Hall–Kier alpha value is -3.82. The number of aromatic nitrogens is 1. The van der Waals surface area contributed by atoms with Crippen LogP contribution in [0.1, 0.15) is 52.9 Å². The molecule has 3 aromatic rings. The Kier molecular flexibility index (Phi) is 6.55. The Morgan fingerprint density at radius 2 is 1.81 bits per heavy atom. The summed E-state index contributed by atoms with van der Waals surface area (Å²) in [6, 6.07) is 11.5. The van der Waals surface area contributed by atoms with Crippen LogP contribution < -0.4 is 5.32 Å². The van der Waals surface area contributed by atoms with Crippen LogP contribution in [-0.2, 0) is 16.9 Å². The van der Waals surface area contributed by atoms with Gasteiger partial charge in [0.1, 0.15) is 5.69 Å². The van der Waals surface area contributed by atoms with E-state index in [1.54, 1.807) is 6.07 Å². The number of benzene rings is 2. The summed E-state index contributed by atoms with van der Waals surface area (Å²) in [7, 11) is 0. The Balaban J connectivity index is 1.50. The molecule has 2 atom stereocenters. The van der Waals surface area contributed by atoms with Gasteiger partial charge in [0.25, 0.3) is 5.92 Å². The van der Waals surface area contributed by atoms with Crippen LogP contribution in [0.25, 0.3) is 11.1 Å². The van der Waals surface area contributed by atoms with Crippen molar-refractivity contribution in [2.45, 2.75) is 37.8 Å². The summed E-state index contributed by atoms with van der Waals surface area (Å²) in [5, 5.41) is 12.3. The summed E-state index contributed by atoms with van der Waals surface area (Å²) in [5.41, 5.74) is -0.229. The number of pyridine rings is 1. The molecule has 0 saturated heterocycles. The molecule has 1 fully saturated rings. The highest BCUT2D eigenvalue weighted by Gasteiger charge is 2.44. The maximum absolute atomic E-state index is 13.8. The first-order valence-electron chi connectivity index (χ1n) is 11.1. The minimum absolute atomic E-state index is 0.171. The number of carbonyl (C=O) groups excluding carboxylic acids is 1. The van der Waals surface area contributed by atoms with Gasteiger partial charge in [-0.3, -0.25) is 9.78 Å². The van der Waals surface area contributed by atoms with Gasteiger partial charge in [-0.25, -0.2) is 4.79 Å². The number of hydrogen-bond donors (Lipinski definition) is 2. The Morgan fingerprint density at radius 3 is 2.42 bits per heavy atom. The smallest absolute Gasteiger partial charge is 0.416 e. The summed E-state index contributed by atoms with van der Waals surface area (Å²) in [5.74, 6) is -5.74. The van der Waals surface area contributed by atoms with E-state index in [0.29, 0.717) is 17.5 Å². The molecule has 2 unspecified atom stereocenters. The number of amides is 1. The van der Waals surface area contributed by atoms with E-state index >= 15 is 0 Å². The number of aromatic carboxylic acids is 1. The normalized spacial score (nSPS) is 17.5. The van der Waals surface area contributed by atoms with Crippen molar-refractivity contribution < 1.29 is 36.6 Å². The summed E-state index contributed by atoms with van der Waals surface area (Å²) in [6.45, 7) is 1.33. The van der Waals surface area contributed by atoms with E-state index in [-0.39, 0.29) is 22.7 Å². The fourth-order valence-corrected chi connectivity index (χ4v) is 4.04. The number of alkyl halides is 5. The topological polar surface area (TPSA) is 79.3 Å². The molecule has 1 heterocycles. The number of hydrogen-bond acceptors (Lipinski definition) is 3. The highest BCUT2D eigenvalue weighted by Crippen LogP contribution is 2.49. The second-order valence-electron chi connectivity index (χ2n) is 8.62. The highest BCUT2D eigenvalue weighted by molar-refractivity contribution is 6.00. The third kappa shape index (κ3) is 5.22. The van der Waals surface area contributed by atoms with Gasteiger partial charge >= 0.3 is 12.1 Å². The highest BCUT2D eigenvalue weighted by atomic mass is 19.4. The lowest BCUT2D eigenvalue weighted by Crippen LogP contribution is -2.15. The Bertz CT molecular complexity index is 1310. The molecule has 0 spiro atoms. The lowest BCUT2D eigenvalue weighted by Gasteiger charge is -2.14. The number of carboxylic acid groups (broad SMARTS) is 1. The number of anilines is 1. The minimum Gasteiger partial charge on any atom is -0.478 e. The maximum Gasteiger partial charge on any atom is 0.416 e. The van der Waals surface area contributed by atoms with Crippen LogP contribution in [0.4, 0.5) is 27.6 Å². The molecular formula is C26H21F5N2O3. The molecule has 0 aliphatic heterocycles. The van der Waals surface area contributed by atoms with Crippen LogP contribution >= 0.6 is 0 Å². The molecule has 1 saturated carbocycles. The zero-order valence-electron chi connectivity index (χ0n) is 18.9. The maximum atomic E-state index is 13.8. The average molecular weight is 504 g/mol. The fraction of sp³-hybridized carbons (Fsp3) is 0.269. The number of nitrogens with one attached hydrogen (secondary N) is 1. The minimum atomic E-state index is -4.48. The molecule has 5 nitrogen and oxygen atoms in total. The first-order chi connectivity index (χ1) is 16.9. The van der Waals surface area contributed by atoms with Gasteiger partial charge in [0.05, 0.1) is 11.1 Å². The molecule has 36 heavy (non-hydrogen) atoms. The molecule has 0 radical (unpaired) electrons. The summed E-state index contributed by atoms with van der Waals surface area (Å²) < 4.78 is 66.6. The summed E-state index contributed by atoms with van der Waals surface area (Å²) in [4.78, 5) is 28.3. The van der Waals surface area contributed by atoms with Gasteiger partial charge in [-0.2, -0.15) is 22.0 Å². The number of nitrogens with zero attached hydrogens (tertiary/aromatic N) is 1. The van der Waals surface area contributed by atoms with Crippen LogP contribution in [-0.4, -0.2) is 22.0 Å². The van der Waals surface area contributed by atoms with Crippen LogP contribution in [0.3, 0.4) is 0 Å². The zero-order valence-corrected chi connectivity index (χ0v) is 18.9. The van der Waals surface area contributed by atoms with Gasteiger partial charge in [0, 0.05) is 29.8 Å². The van der Waals surface area contributed by atoms with Crippen molar-refractivity contribution >= 4 is 17.6 Å². The molecular weight excluding hydrogens is 483 g/mol. The van der Waals surface area contributed by atoms with Crippen molar-refractivity contribution in [1.29, 1.82) is 0 Å². The van der Waals surface area contributed by atoms with E-state index in [1.807, 2.05) is 0 Å². The van der Waals surface area contributed by atoms with Crippen LogP contribution in [0, 0.1) is 5.92 Å². The number of rotatable bonds is 7. The Labute approximate surface area is 203 Å². The quantitative estimate of drug-likeness (QED) is 0.351. The van der Waals surface area contributed by atoms with E-state index in [2.05, 4.69) is 10.3 Å². The first kappa shape index (κ1) is 25.3. The van der Waals surface area contributed by atoms with E-state index in [1.165, 1.54) is 43.5 Å². The fourth-order valence-electron chi connectivity index (χ4n) is 4.04. The molecule has 1 amide bonds. The van der Waals surface area contributed by atoms with Gasteiger partial charge in [-0.1, -0.05) is 37.3 Å². The third-order valence-electron chi connectivity index (χ3n) is 6.18. The average Bonchev–Trinajstić information content (AvgIpc) is 3.65. The molecule has 10 heteroatoms. The lowest BCUT2D eigenvalue weighted by atomic mass is 9.99. The molecule has 2 aromatic carbocycles.